The van der Waals surface area contributed by atoms with Gasteiger partial charge in [0.15, 0.2) is 0 Å². The molecule has 4 heteroatoms. The normalized spacial score (nSPS) is 11.9. The summed E-state index contributed by atoms with van der Waals surface area (Å²) in [4.78, 5) is 15.5. The second kappa shape index (κ2) is 4.91. The van der Waals surface area contributed by atoms with Gasteiger partial charge in [0.2, 0.25) is 0 Å². The predicted octanol–water partition coefficient (Wildman–Crippen LogP) is 2.15. The van der Waals surface area contributed by atoms with Crippen LogP contribution in [-0.2, 0) is 0 Å². The monoisotopic (exact) mass is 254 g/mol. The maximum Gasteiger partial charge on any atom is 0.253 e. The van der Waals surface area contributed by atoms with Crippen LogP contribution in [0.3, 0.4) is 0 Å². The molecule has 1 aromatic heterocycles. The van der Waals surface area contributed by atoms with Crippen molar-refractivity contribution in [2.45, 2.75) is 13.0 Å². The number of nitrogens with zero attached hydrogens (tertiary/aromatic N) is 1. The molecule has 0 saturated heterocycles. The Kier molecular flexibility index (Phi) is 3.83. The molecule has 0 aliphatic rings. The van der Waals surface area contributed by atoms with E-state index in [0.29, 0.717) is 5.56 Å². The third-order valence-electron chi connectivity index (χ3n) is 1.68. The van der Waals surface area contributed by atoms with E-state index in [-0.39, 0.29) is 11.9 Å². The summed E-state index contributed by atoms with van der Waals surface area (Å²) >= 11 is 3.25. The van der Waals surface area contributed by atoms with Crippen LogP contribution < -0.4 is 5.32 Å². The molecule has 0 aromatic carbocycles. The van der Waals surface area contributed by atoms with Gasteiger partial charge in [-0.05, 0) is 28.9 Å². The topological polar surface area (TPSA) is 42.0 Å². The molecule has 0 aliphatic heterocycles. The first-order valence-electron chi connectivity index (χ1n) is 4.17. The van der Waals surface area contributed by atoms with E-state index < -0.39 is 0 Å². The predicted molar refractivity (Wildman–Crippen MR) is 59.1 cm³/mol. The molecule has 1 amide bonds. The van der Waals surface area contributed by atoms with Gasteiger partial charge in [-0.15, -0.1) is 6.58 Å². The Morgan fingerprint density at radius 2 is 2.43 bits per heavy atom. The van der Waals surface area contributed by atoms with Crippen molar-refractivity contribution in [2.75, 3.05) is 0 Å². The van der Waals surface area contributed by atoms with Crippen LogP contribution in [-0.4, -0.2) is 16.9 Å². The van der Waals surface area contributed by atoms with Gasteiger partial charge >= 0.3 is 0 Å². The lowest BCUT2D eigenvalue weighted by atomic mass is 10.2. The van der Waals surface area contributed by atoms with E-state index in [4.69, 9.17) is 0 Å². The Balaban J connectivity index is 2.74. The molecule has 1 rings (SSSR count). The van der Waals surface area contributed by atoms with Crippen LogP contribution in [0.1, 0.15) is 17.3 Å². The number of halogens is 1. The summed E-state index contributed by atoms with van der Waals surface area (Å²) in [6.07, 6.45) is 4.83. The summed E-state index contributed by atoms with van der Waals surface area (Å²) in [6, 6.07) is 1.68. The largest absolute Gasteiger partial charge is 0.346 e. The zero-order chi connectivity index (χ0) is 10.6. The van der Waals surface area contributed by atoms with Crippen molar-refractivity contribution in [3.8, 4) is 0 Å². The van der Waals surface area contributed by atoms with Crippen molar-refractivity contribution in [3.05, 3.63) is 41.2 Å². The Hall–Kier alpha value is -1.16. The zero-order valence-corrected chi connectivity index (χ0v) is 9.41. The van der Waals surface area contributed by atoms with Crippen LogP contribution in [0.15, 0.2) is 35.6 Å². The molecule has 74 valence electrons. The summed E-state index contributed by atoms with van der Waals surface area (Å²) in [5, 5.41) is 2.76. The molecule has 1 heterocycles. The number of carbonyl (C=O) groups is 1. The second-order valence-corrected chi connectivity index (χ2v) is 3.81. The fourth-order valence-corrected chi connectivity index (χ4v) is 1.25. The summed E-state index contributed by atoms with van der Waals surface area (Å²) in [5.41, 5.74) is 0.535. The fourth-order valence-electron chi connectivity index (χ4n) is 0.885. The molecule has 0 radical (unpaired) electrons. The zero-order valence-electron chi connectivity index (χ0n) is 7.83. The van der Waals surface area contributed by atoms with Gasteiger partial charge in [-0.2, -0.15) is 0 Å². The third-order valence-corrected chi connectivity index (χ3v) is 2.11. The molecule has 0 aliphatic carbocycles. The number of hydrogen-bond acceptors (Lipinski definition) is 2. The van der Waals surface area contributed by atoms with Crippen LogP contribution in [0.25, 0.3) is 0 Å². The first kappa shape index (κ1) is 10.9. The Labute approximate surface area is 91.4 Å². The minimum atomic E-state index is -0.147. The average molecular weight is 255 g/mol. The minimum Gasteiger partial charge on any atom is -0.346 e. The van der Waals surface area contributed by atoms with E-state index in [1.165, 1.54) is 6.20 Å². The first-order valence-corrected chi connectivity index (χ1v) is 4.96. The lowest BCUT2D eigenvalue weighted by molar-refractivity contribution is 0.0946. The van der Waals surface area contributed by atoms with Crippen molar-refractivity contribution in [1.82, 2.24) is 10.3 Å². The van der Waals surface area contributed by atoms with Crippen LogP contribution in [0.5, 0.6) is 0 Å². The van der Waals surface area contributed by atoms with Crippen molar-refractivity contribution < 1.29 is 4.79 Å². The van der Waals surface area contributed by atoms with Crippen molar-refractivity contribution >= 4 is 21.8 Å². The van der Waals surface area contributed by atoms with E-state index in [2.05, 4.69) is 32.8 Å². The SMILES string of the molecule is C=CC(C)NC(=O)c1cncc(Br)c1. The van der Waals surface area contributed by atoms with Crippen LogP contribution in [0, 0.1) is 0 Å². The fraction of sp³-hybridized carbons (Fsp3) is 0.200. The second-order valence-electron chi connectivity index (χ2n) is 2.89. The highest BCUT2D eigenvalue weighted by molar-refractivity contribution is 9.10. The van der Waals surface area contributed by atoms with E-state index in [9.17, 15) is 4.79 Å². The van der Waals surface area contributed by atoms with E-state index >= 15 is 0 Å². The molecule has 1 unspecified atom stereocenters. The summed E-state index contributed by atoms with van der Waals surface area (Å²) in [5.74, 6) is -0.147. The van der Waals surface area contributed by atoms with Crippen LogP contribution in [0.4, 0.5) is 0 Å². The molecular formula is C10H11BrN2O. The van der Waals surface area contributed by atoms with Crippen molar-refractivity contribution in [2.24, 2.45) is 0 Å². The lowest BCUT2D eigenvalue weighted by Crippen LogP contribution is -2.30. The molecule has 0 saturated carbocycles. The highest BCUT2D eigenvalue weighted by Gasteiger charge is 2.07. The van der Waals surface area contributed by atoms with Crippen molar-refractivity contribution in [1.29, 1.82) is 0 Å². The number of carbonyl (C=O) groups excluding carboxylic acids is 1. The van der Waals surface area contributed by atoms with Crippen LogP contribution >= 0.6 is 15.9 Å². The minimum absolute atomic E-state index is 0.0403. The van der Waals surface area contributed by atoms with Gasteiger partial charge in [0.05, 0.1) is 5.56 Å². The van der Waals surface area contributed by atoms with Crippen molar-refractivity contribution in [3.63, 3.8) is 0 Å². The molecule has 1 N–H and O–H groups in total. The summed E-state index contributed by atoms with van der Waals surface area (Å²) < 4.78 is 0.788. The first-order chi connectivity index (χ1) is 6.63. The maximum absolute atomic E-state index is 11.5. The smallest absolute Gasteiger partial charge is 0.253 e. The van der Waals surface area contributed by atoms with E-state index in [1.54, 1.807) is 18.3 Å². The quantitative estimate of drug-likeness (QED) is 0.841. The van der Waals surface area contributed by atoms with Gasteiger partial charge in [0, 0.05) is 22.9 Å². The Bertz CT molecular complexity index is 352. The number of rotatable bonds is 3. The summed E-state index contributed by atoms with van der Waals surface area (Å²) in [6.45, 7) is 5.44. The standard InChI is InChI=1S/C10H11BrN2O/c1-3-7(2)13-10(14)8-4-9(11)6-12-5-8/h3-7H,1H2,2H3,(H,13,14). The van der Waals surface area contributed by atoms with E-state index in [0.717, 1.165) is 4.47 Å². The van der Waals surface area contributed by atoms with Gasteiger partial charge in [-0.1, -0.05) is 6.08 Å². The lowest BCUT2D eigenvalue weighted by Gasteiger charge is -2.08. The maximum atomic E-state index is 11.5. The molecule has 14 heavy (non-hydrogen) atoms. The van der Waals surface area contributed by atoms with E-state index in [1.807, 2.05) is 6.92 Å². The molecule has 3 nitrogen and oxygen atoms in total. The van der Waals surface area contributed by atoms with Crippen LogP contribution in [0.2, 0.25) is 0 Å². The molecular weight excluding hydrogens is 244 g/mol. The van der Waals surface area contributed by atoms with Gasteiger partial charge in [0.25, 0.3) is 5.91 Å². The Morgan fingerprint density at radius 3 is 3.00 bits per heavy atom. The third kappa shape index (κ3) is 2.96. The van der Waals surface area contributed by atoms with Gasteiger partial charge in [0.1, 0.15) is 0 Å². The molecule has 0 spiro atoms. The number of pyridine rings is 1. The molecule has 0 fully saturated rings. The molecule has 1 aromatic rings. The van der Waals surface area contributed by atoms with Gasteiger partial charge in [-0.3, -0.25) is 9.78 Å². The molecule has 1 atom stereocenters. The summed E-state index contributed by atoms with van der Waals surface area (Å²) in [7, 11) is 0. The number of nitrogens with one attached hydrogen (secondary N) is 1. The highest BCUT2D eigenvalue weighted by atomic mass is 79.9. The Morgan fingerprint density at radius 1 is 1.71 bits per heavy atom. The highest BCUT2D eigenvalue weighted by Crippen LogP contribution is 2.09. The molecule has 0 bridgehead atoms. The van der Waals surface area contributed by atoms with Gasteiger partial charge in [-0.25, -0.2) is 0 Å². The number of hydrogen-bond donors (Lipinski definition) is 1. The van der Waals surface area contributed by atoms with Gasteiger partial charge < -0.3 is 5.32 Å². The average Bonchev–Trinajstić information content (AvgIpc) is 2.17. The number of amides is 1. The number of aromatic nitrogens is 1.